The van der Waals surface area contributed by atoms with Crippen LogP contribution in [0.3, 0.4) is 0 Å². The van der Waals surface area contributed by atoms with E-state index in [1.165, 1.54) is 5.56 Å². The molecule has 0 bridgehead atoms. The lowest BCUT2D eigenvalue weighted by atomic mass is 10.1. The number of hydrogen-bond acceptors (Lipinski definition) is 2. The highest BCUT2D eigenvalue weighted by Crippen LogP contribution is 2.02. The highest BCUT2D eigenvalue weighted by molar-refractivity contribution is 5.15. The van der Waals surface area contributed by atoms with E-state index in [1.807, 2.05) is 6.07 Å². The number of hydrogen-bond donors (Lipinski definition) is 2. The predicted octanol–water partition coefficient (Wildman–Crippen LogP) is 1.59. The standard InChI is InChI=1S/C12H19NO/c1-10(13-9-11(2)14)8-12-6-4-3-5-7-12/h3-7,10-11,13-14H,8-9H2,1-2H3/t10?,11-/m0/s1. The van der Waals surface area contributed by atoms with Gasteiger partial charge < -0.3 is 10.4 Å². The van der Waals surface area contributed by atoms with Crippen LogP contribution < -0.4 is 5.32 Å². The minimum absolute atomic E-state index is 0.270. The zero-order valence-corrected chi connectivity index (χ0v) is 8.90. The number of aliphatic hydroxyl groups excluding tert-OH is 1. The average Bonchev–Trinajstić information content (AvgIpc) is 2.16. The molecule has 14 heavy (non-hydrogen) atoms. The second-order valence-corrected chi connectivity index (χ2v) is 3.85. The van der Waals surface area contributed by atoms with Crippen LogP contribution in [0.4, 0.5) is 0 Å². The van der Waals surface area contributed by atoms with Gasteiger partial charge in [0.15, 0.2) is 0 Å². The summed E-state index contributed by atoms with van der Waals surface area (Å²) in [7, 11) is 0. The Labute approximate surface area is 86.0 Å². The summed E-state index contributed by atoms with van der Waals surface area (Å²) in [6.07, 6.45) is 0.737. The molecule has 0 amide bonds. The van der Waals surface area contributed by atoms with Crippen molar-refractivity contribution >= 4 is 0 Å². The monoisotopic (exact) mass is 193 g/mol. The van der Waals surface area contributed by atoms with Crippen LogP contribution in [0.2, 0.25) is 0 Å². The molecule has 0 spiro atoms. The van der Waals surface area contributed by atoms with Crippen molar-refractivity contribution in [3.63, 3.8) is 0 Å². The summed E-state index contributed by atoms with van der Waals surface area (Å²) in [5.74, 6) is 0. The number of rotatable bonds is 5. The van der Waals surface area contributed by atoms with Crippen molar-refractivity contribution in [3.8, 4) is 0 Å². The molecule has 0 aliphatic rings. The van der Waals surface area contributed by atoms with Gasteiger partial charge in [0.05, 0.1) is 6.10 Å². The Hall–Kier alpha value is -0.860. The molecule has 0 aliphatic heterocycles. The van der Waals surface area contributed by atoms with E-state index in [2.05, 4.69) is 36.5 Å². The molecule has 1 rings (SSSR count). The molecule has 1 aromatic rings. The van der Waals surface area contributed by atoms with E-state index in [0.29, 0.717) is 12.6 Å². The maximum Gasteiger partial charge on any atom is 0.0636 e. The maximum absolute atomic E-state index is 9.10. The lowest BCUT2D eigenvalue weighted by molar-refractivity contribution is 0.187. The second-order valence-electron chi connectivity index (χ2n) is 3.85. The van der Waals surface area contributed by atoms with Crippen LogP contribution in [0, 0.1) is 0 Å². The molecule has 2 heteroatoms. The summed E-state index contributed by atoms with van der Waals surface area (Å²) < 4.78 is 0. The zero-order chi connectivity index (χ0) is 10.4. The van der Waals surface area contributed by atoms with Gasteiger partial charge in [-0.2, -0.15) is 0 Å². The Balaban J connectivity index is 2.30. The van der Waals surface area contributed by atoms with Gasteiger partial charge in [0, 0.05) is 12.6 Å². The molecule has 0 aromatic heterocycles. The first kappa shape index (κ1) is 11.2. The maximum atomic E-state index is 9.10. The molecule has 1 aromatic carbocycles. The number of nitrogens with one attached hydrogen (secondary N) is 1. The van der Waals surface area contributed by atoms with Crippen molar-refractivity contribution in [2.45, 2.75) is 32.4 Å². The number of aliphatic hydroxyl groups is 1. The summed E-state index contributed by atoms with van der Waals surface area (Å²) in [5, 5.41) is 12.4. The van der Waals surface area contributed by atoms with Gasteiger partial charge in [-0.1, -0.05) is 30.3 Å². The lowest BCUT2D eigenvalue weighted by Gasteiger charge is -2.14. The minimum Gasteiger partial charge on any atom is -0.392 e. The van der Waals surface area contributed by atoms with Crippen LogP contribution in [0.15, 0.2) is 30.3 Å². The fraction of sp³-hybridized carbons (Fsp3) is 0.500. The first-order valence-electron chi connectivity index (χ1n) is 5.14. The van der Waals surface area contributed by atoms with Crippen molar-refractivity contribution in [2.75, 3.05) is 6.54 Å². The molecule has 0 saturated carbocycles. The van der Waals surface area contributed by atoms with Gasteiger partial charge in [-0.3, -0.25) is 0 Å². The first-order chi connectivity index (χ1) is 6.68. The number of benzene rings is 1. The van der Waals surface area contributed by atoms with E-state index in [-0.39, 0.29) is 6.10 Å². The molecule has 0 fully saturated rings. The van der Waals surface area contributed by atoms with E-state index in [0.717, 1.165) is 6.42 Å². The van der Waals surface area contributed by atoms with E-state index < -0.39 is 0 Å². The molecular weight excluding hydrogens is 174 g/mol. The fourth-order valence-corrected chi connectivity index (χ4v) is 1.41. The van der Waals surface area contributed by atoms with Crippen molar-refractivity contribution in [2.24, 2.45) is 0 Å². The first-order valence-corrected chi connectivity index (χ1v) is 5.14. The molecule has 0 heterocycles. The normalized spacial score (nSPS) is 15.1. The van der Waals surface area contributed by atoms with Crippen molar-refractivity contribution in [1.29, 1.82) is 0 Å². The van der Waals surface area contributed by atoms with E-state index in [4.69, 9.17) is 5.11 Å². The summed E-state index contributed by atoms with van der Waals surface area (Å²) in [6.45, 7) is 4.59. The van der Waals surface area contributed by atoms with Crippen molar-refractivity contribution in [3.05, 3.63) is 35.9 Å². The summed E-state index contributed by atoms with van der Waals surface area (Å²) in [5.41, 5.74) is 1.33. The molecule has 78 valence electrons. The molecule has 2 atom stereocenters. The van der Waals surface area contributed by atoms with Gasteiger partial charge in [0.2, 0.25) is 0 Å². The molecule has 1 unspecified atom stereocenters. The average molecular weight is 193 g/mol. The predicted molar refractivity (Wildman–Crippen MR) is 59.3 cm³/mol. The molecule has 0 aliphatic carbocycles. The van der Waals surface area contributed by atoms with Gasteiger partial charge in [0.25, 0.3) is 0 Å². The third-order valence-electron chi connectivity index (χ3n) is 2.15. The third-order valence-corrected chi connectivity index (χ3v) is 2.15. The highest BCUT2D eigenvalue weighted by Gasteiger charge is 2.03. The lowest BCUT2D eigenvalue weighted by Crippen LogP contribution is -2.33. The Kier molecular flexibility index (Phi) is 4.63. The molecule has 2 N–H and O–H groups in total. The van der Waals surface area contributed by atoms with E-state index >= 15 is 0 Å². The fourth-order valence-electron chi connectivity index (χ4n) is 1.41. The van der Waals surface area contributed by atoms with E-state index in [1.54, 1.807) is 6.92 Å². The van der Waals surface area contributed by atoms with Gasteiger partial charge in [0.1, 0.15) is 0 Å². The summed E-state index contributed by atoms with van der Waals surface area (Å²) in [4.78, 5) is 0. The molecule has 2 nitrogen and oxygen atoms in total. The van der Waals surface area contributed by atoms with Crippen molar-refractivity contribution < 1.29 is 5.11 Å². The SMILES string of the molecule is CC(Cc1ccccc1)NC[C@H](C)O. The van der Waals surface area contributed by atoms with E-state index in [9.17, 15) is 0 Å². The van der Waals surface area contributed by atoms with Crippen LogP contribution in [-0.2, 0) is 6.42 Å². The minimum atomic E-state index is -0.270. The topological polar surface area (TPSA) is 32.3 Å². The van der Waals surface area contributed by atoms with Gasteiger partial charge in [-0.15, -0.1) is 0 Å². The smallest absolute Gasteiger partial charge is 0.0636 e. The van der Waals surface area contributed by atoms with Crippen LogP contribution in [0.25, 0.3) is 0 Å². The van der Waals surface area contributed by atoms with Gasteiger partial charge in [-0.05, 0) is 25.8 Å². The second kappa shape index (κ2) is 5.78. The van der Waals surface area contributed by atoms with Gasteiger partial charge in [-0.25, -0.2) is 0 Å². The summed E-state index contributed by atoms with van der Waals surface area (Å²) in [6, 6.07) is 10.8. The Morgan fingerprint density at radius 3 is 2.43 bits per heavy atom. The Morgan fingerprint density at radius 2 is 1.86 bits per heavy atom. The Morgan fingerprint density at radius 1 is 1.21 bits per heavy atom. The van der Waals surface area contributed by atoms with Crippen LogP contribution in [-0.4, -0.2) is 23.8 Å². The molecule has 0 saturated heterocycles. The van der Waals surface area contributed by atoms with Crippen LogP contribution in [0.1, 0.15) is 19.4 Å². The summed E-state index contributed by atoms with van der Waals surface area (Å²) >= 11 is 0. The van der Waals surface area contributed by atoms with Gasteiger partial charge >= 0.3 is 0 Å². The van der Waals surface area contributed by atoms with Crippen LogP contribution in [0.5, 0.6) is 0 Å². The zero-order valence-electron chi connectivity index (χ0n) is 8.90. The highest BCUT2D eigenvalue weighted by atomic mass is 16.3. The molecular formula is C12H19NO. The third kappa shape index (κ3) is 4.40. The largest absolute Gasteiger partial charge is 0.392 e. The van der Waals surface area contributed by atoms with Crippen molar-refractivity contribution in [1.82, 2.24) is 5.32 Å². The van der Waals surface area contributed by atoms with Crippen LogP contribution >= 0.6 is 0 Å². The Bertz CT molecular complexity index is 246. The quantitative estimate of drug-likeness (QED) is 0.744. The molecule has 0 radical (unpaired) electrons.